The van der Waals surface area contributed by atoms with Gasteiger partial charge in [0.1, 0.15) is 5.69 Å². The fraction of sp³-hybridized carbons (Fsp3) is 0.421. The lowest BCUT2D eigenvalue weighted by molar-refractivity contribution is 0.0946. The molecule has 0 bridgehead atoms. The van der Waals surface area contributed by atoms with Crippen molar-refractivity contribution >= 4 is 23.2 Å². The van der Waals surface area contributed by atoms with Gasteiger partial charge in [0.05, 0.1) is 0 Å². The van der Waals surface area contributed by atoms with Crippen LogP contribution in [-0.2, 0) is 0 Å². The maximum atomic E-state index is 12.2. The Hall–Kier alpha value is -2.67. The van der Waals surface area contributed by atoms with E-state index in [-0.39, 0.29) is 5.91 Å². The van der Waals surface area contributed by atoms with E-state index < -0.39 is 0 Å². The van der Waals surface area contributed by atoms with Crippen molar-refractivity contribution in [2.75, 3.05) is 50.5 Å². The molecule has 0 atom stereocenters. The van der Waals surface area contributed by atoms with Gasteiger partial charge in [0, 0.05) is 43.8 Å². The van der Waals surface area contributed by atoms with Gasteiger partial charge in [-0.3, -0.25) is 4.79 Å². The average molecular weight is 356 g/mol. The first-order valence-electron chi connectivity index (χ1n) is 8.91. The summed E-state index contributed by atoms with van der Waals surface area (Å²) in [6, 6.07) is 9.71. The quantitative estimate of drug-likeness (QED) is 0.719. The third kappa shape index (κ3) is 5.70. The molecule has 140 valence electrons. The number of carbonyl (C=O) groups is 1. The van der Waals surface area contributed by atoms with Crippen LogP contribution in [0.15, 0.2) is 36.5 Å². The number of anilines is 3. The summed E-state index contributed by atoms with van der Waals surface area (Å²) in [5.41, 5.74) is 2.41. The zero-order valence-electron chi connectivity index (χ0n) is 16.0. The second-order valence-corrected chi connectivity index (χ2v) is 6.17. The van der Waals surface area contributed by atoms with Crippen molar-refractivity contribution in [3.63, 3.8) is 0 Å². The van der Waals surface area contributed by atoms with Crippen molar-refractivity contribution < 1.29 is 4.79 Å². The normalized spacial score (nSPS) is 10.7. The van der Waals surface area contributed by atoms with Crippen molar-refractivity contribution in [1.29, 1.82) is 0 Å². The summed E-state index contributed by atoms with van der Waals surface area (Å²) in [5.74, 6) is 0.204. The van der Waals surface area contributed by atoms with E-state index in [1.165, 1.54) is 5.69 Å². The predicted octanol–water partition coefficient (Wildman–Crippen LogP) is 2.36. The lowest BCUT2D eigenvalue weighted by Crippen LogP contribution is -2.31. The zero-order valence-corrected chi connectivity index (χ0v) is 16.0. The van der Waals surface area contributed by atoms with Gasteiger partial charge in [-0.15, -0.1) is 0 Å². The Labute approximate surface area is 155 Å². The Morgan fingerprint density at radius 2 is 1.77 bits per heavy atom. The average Bonchev–Trinajstić information content (AvgIpc) is 2.64. The molecular formula is C19H28N6O. The molecule has 2 N–H and O–H groups in total. The van der Waals surface area contributed by atoms with Gasteiger partial charge in [-0.2, -0.15) is 0 Å². The Kier molecular flexibility index (Phi) is 7.35. The standard InChI is InChI=1S/C19H28N6O/c1-5-25(6-2)16-9-7-15(8-10-16)22-19-21-12-11-17(23-19)18(26)20-13-14-24(3)4/h7-12H,5-6,13-14H2,1-4H3,(H,20,26)(H,21,22,23). The number of hydrogen-bond acceptors (Lipinski definition) is 6. The van der Waals surface area contributed by atoms with Crippen molar-refractivity contribution in [1.82, 2.24) is 20.2 Å². The number of nitrogens with one attached hydrogen (secondary N) is 2. The van der Waals surface area contributed by atoms with Gasteiger partial charge < -0.3 is 20.4 Å². The van der Waals surface area contributed by atoms with Crippen LogP contribution in [0, 0.1) is 0 Å². The number of nitrogens with zero attached hydrogens (tertiary/aromatic N) is 4. The van der Waals surface area contributed by atoms with Gasteiger partial charge in [0.2, 0.25) is 5.95 Å². The van der Waals surface area contributed by atoms with Crippen LogP contribution in [-0.4, -0.2) is 61.0 Å². The summed E-state index contributed by atoms with van der Waals surface area (Å²) in [7, 11) is 3.93. The third-order valence-corrected chi connectivity index (χ3v) is 3.98. The van der Waals surface area contributed by atoms with Crippen LogP contribution >= 0.6 is 0 Å². The van der Waals surface area contributed by atoms with Crippen molar-refractivity contribution in [3.8, 4) is 0 Å². The largest absolute Gasteiger partial charge is 0.372 e. The van der Waals surface area contributed by atoms with Crippen LogP contribution in [0.3, 0.4) is 0 Å². The van der Waals surface area contributed by atoms with Crippen molar-refractivity contribution in [2.24, 2.45) is 0 Å². The first kappa shape index (κ1) is 19.7. The molecule has 0 aliphatic heterocycles. The summed E-state index contributed by atoms with van der Waals surface area (Å²) < 4.78 is 0. The molecule has 1 aromatic heterocycles. The minimum Gasteiger partial charge on any atom is -0.372 e. The molecule has 0 saturated heterocycles. The maximum absolute atomic E-state index is 12.2. The second kappa shape index (κ2) is 9.72. The van der Waals surface area contributed by atoms with Crippen LogP contribution in [0.1, 0.15) is 24.3 Å². The number of hydrogen-bond donors (Lipinski definition) is 2. The minimum atomic E-state index is -0.200. The van der Waals surface area contributed by atoms with Gasteiger partial charge in [0.15, 0.2) is 0 Å². The summed E-state index contributed by atoms with van der Waals surface area (Å²) >= 11 is 0. The molecule has 1 aromatic carbocycles. The molecule has 0 aliphatic carbocycles. The van der Waals surface area contributed by atoms with Crippen LogP contribution in [0.5, 0.6) is 0 Å². The molecule has 0 fully saturated rings. The number of amides is 1. The van der Waals surface area contributed by atoms with E-state index in [2.05, 4.69) is 51.5 Å². The van der Waals surface area contributed by atoms with Crippen molar-refractivity contribution in [3.05, 3.63) is 42.2 Å². The van der Waals surface area contributed by atoms with Gasteiger partial charge in [-0.1, -0.05) is 0 Å². The van der Waals surface area contributed by atoms with Crippen LogP contribution in [0.4, 0.5) is 17.3 Å². The lowest BCUT2D eigenvalue weighted by atomic mass is 10.2. The summed E-state index contributed by atoms with van der Waals surface area (Å²) in [4.78, 5) is 24.9. The predicted molar refractivity (Wildman–Crippen MR) is 106 cm³/mol. The SMILES string of the molecule is CCN(CC)c1ccc(Nc2nccc(C(=O)NCCN(C)C)n2)cc1. The van der Waals surface area contributed by atoms with E-state index >= 15 is 0 Å². The topological polar surface area (TPSA) is 73.4 Å². The molecule has 26 heavy (non-hydrogen) atoms. The number of benzene rings is 1. The first-order valence-corrected chi connectivity index (χ1v) is 8.91. The maximum Gasteiger partial charge on any atom is 0.270 e. The van der Waals surface area contributed by atoms with Crippen LogP contribution < -0.4 is 15.5 Å². The Balaban J connectivity index is 2.00. The van der Waals surface area contributed by atoms with E-state index in [1.54, 1.807) is 12.3 Å². The molecular weight excluding hydrogens is 328 g/mol. The monoisotopic (exact) mass is 356 g/mol. The van der Waals surface area contributed by atoms with E-state index in [9.17, 15) is 4.79 Å². The van der Waals surface area contributed by atoms with Crippen molar-refractivity contribution in [2.45, 2.75) is 13.8 Å². The molecule has 1 heterocycles. The van der Waals surface area contributed by atoms with Gasteiger partial charge in [0.25, 0.3) is 5.91 Å². The van der Waals surface area contributed by atoms with E-state index in [4.69, 9.17) is 0 Å². The molecule has 1 amide bonds. The van der Waals surface area contributed by atoms with Crippen LogP contribution in [0.25, 0.3) is 0 Å². The number of likely N-dealkylation sites (N-methyl/N-ethyl adjacent to an activating group) is 1. The molecule has 0 saturated carbocycles. The summed E-state index contributed by atoms with van der Waals surface area (Å²) in [6.07, 6.45) is 1.58. The van der Waals surface area contributed by atoms with Crippen LogP contribution in [0.2, 0.25) is 0 Å². The van der Waals surface area contributed by atoms with Gasteiger partial charge in [-0.05, 0) is 58.3 Å². The Morgan fingerprint density at radius 1 is 1.08 bits per heavy atom. The molecule has 7 nitrogen and oxygen atoms in total. The highest BCUT2D eigenvalue weighted by atomic mass is 16.1. The van der Waals surface area contributed by atoms with Gasteiger partial charge >= 0.3 is 0 Å². The molecule has 2 aromatic rings. The molecule has 0 unspecified atom stereocenters. The lowest BCUT2D eigenvalue weighted by Gasteiger charge is -2.21. The zero-order chi connectivity index (χ0) is 18.9. The highest BCUT2D eigenvalue weighted by Gasteiger charge is 2.09. The van der Waals surface area contributed by atoms with Gasteiger partial charge in [-0.25, -0.2) is 9.97 Å². The Bertz CT molecular complexity index is 697. The molecule has 0 aliphatic rings. The highest BCUT2D eigenvalue weighted by Crippen LogP contribution is 2.19. The number of carbonyl (C=O) groups excluding carboxylic acids is 1. The Morgan fingerprint density at radius 3 is 2.38 bits per heavy atom. The van der Waals surface area contributed by atoms with E-state index in [1.807, 2.05) is 31.1 Å². The molecule has 0 spiro atoms. The fourth-order valence-corrected chi connectivity index (χ4v) is 2.50. The second-order valence-electron chi connectivity index (χ2n) is 6.17. The van der Waals surface area contributed by atoms with E-state index in [0.29, 0.717) is 18.2 Å². The molecule has 0 radical (unpaired) electrons. The number of rotatable bonds is 9. The smallest absolute Gasteiger partial charge is 0.270 e. The highest BCUT2D eigenvalue weighted by molar-refractivity contribution is 5.92. The molecule has 2 rings (SSSR count). The summed E-state index contributed by atoms with van der Waals surface area (Å²) in [5, 5.41) is 6.00. The fourth-order valence-electron chi connectivity index (χ4n) is 2.50. The first-order chi connectivity index (χ1) is 12.5. The summed E-state index contributed by atoms with van der Waals surface area (Å²) in [6.45, 7) is 7.57. The van der Waals surface area contributed by atoms with E-state index in [0.717, 1.165) is 25.3 Å². The number of aromatic nitrogens is 2. The molecule has 7 heteroatoms. The minimum absolute atomic E-state index is 0.200. The third-order valence-electron chi connectivity index (χ3n) is 3.98.